The summed E-state index contributed by atoms with van der Waals surface area (Å²) in [4.78, 5) is 14.4. The third-order valence-electron chi connectivity index (χ3n) is 3.70. The maximum Gasteiger partial charge on any atom is 0.254 e. The molecule has 1 aromatic carbocycles. The van der Waals surface area contributed by atoms with Crippen LogP contribution in [0, 0.1) is 0 Å². The lowest BCUT2D eigenvalue weighted by Crippen LogP contribution is -2.51. The number of nitrogens with two attached hydrogens (primary N) is 1. The third kappa shape index (κ3) is 3.26. The minimum Gasteiger partial charge on any atom is -0.381 e. The van der Waals surface area contributed by atoms with Crippen LogP contribution in [0.1, 0.15) is 23.2 Å². The fourth-order valence-corrected chi connectivity index (χ4v) is 2.81. The van der Waals surface area contributed by atoms with E-state index in [0.717, 1.165) is 12.8 Å². The standard InChI is InChI=1S/C14H18Cl2N2O2/c1-20-11-4-5-18(10(7-11)8-17)14(19)9-2-3-12(15)13(16)6-9/h2-3,6,10-11H,4-5,7-8,17H2,1H3. The zero-order chi connectivity index (χ0) is 14.7. The second-order valence-electron chi connectivity index (χ2n) is 4.90. The van der Waals surface area contributed by atoms with E-state index in [-0.39, 0.29) is 18.1 Å². The summed E-state index contributed by atoms with van der Waals surface area (Å²) in [5.74, 6) is -0.0615. The van der Waals surface area contributed by atoms with Crippen LogP contribution in [0.15, 0.2) is 18.2 Å². The quantitative estimate of drug-likeness (QED) is 0.932. The molecule has 1 saturated heterocycles. The summed E-state index contributed by atoms with van der Waals surface area (Å²) in [5, 5.41) is 0.824. The van der Waals surface area contributed by atoms with Gasteiger partial charge in [0.15, 0.2) is 0 Å². The van der Waals surface area contributed by atoms with Crippen LogP contribution in [-0.2, 0) is 4.74 Å². The number of piperidine rings is 1. The van der Waals surface area contributed by atoms with Crippen LogP contribution in [0.2, 0.25) is 10.0 Å². The molecule has 1 aliphatic heterocycles. The molecule has 1 aliphatic rings. The number of carbonyl (C=O) groups is 1. The van der Waals surface area contributed by atoms with E-state index in [2.05, 4.69) is 0 Å². The van der Waals surface area contributed by atoms with Crippen molar-refractivity contribution >= 4 is 29.1 Å². The lowest BCUT2D eigenvalue weighted by Gasteiger charge is -2.38. The summed E-state index contributed by atoms with van der Waals surface area (Å²) in [7, 11) is 1.69. The predicted molar refractivity (Wildman–Crippen MR) is 80.4 cm³/mol. The van der Waals surface area contributed by atoms with Gasteiger partial charge in [0, 0.05) is 31.8 Å². The van der Waals surface area contributed by atoms with E-state index >= 15 is 0 Å². The molecule has 20 heavy (non-hydrogen) atoms. The van der Waals surface area contributed by atoms with Gasteiger partial charge in [-0.2, -0.15) is 0 Å². The summed E-state index contributed by atoms with van der Waals surface area (Å²) < 4.78 is 5.36. The molecular weight excluding hydrogens is 299 g/mol. The Kier molecular flexibility index (Phi) is 5.27. The molecule has 2 N–H and O–H groups in total. The number of likely N-dealkylation sites (tertiary alicyclic amines) is 1. The summed E-state index contributed by atoms with van der Waals surface area (Å²) >= 11 is 11.8. The van der Waals surface area contributed by atoms with Gasteiger partial charge in [-0.15, -0.1) is 0 Å². The molecule has 110 valence electrons. The topological polar surface area (TPSA) is 55.6 Å². The normalized spacial score (nSPS) is 22.9. The van der Waals surface area contributed by atoms with Crippen molar-refractivity contribution in [2.75, 3.05) is 20.2 Å². The highest BCUT2D eigenvalue weighted by molar-refractivity contribution is 6.42. The first-order chi connectivity index (χ1) is 9.56. The van der Waals surface area contributed by atoms with Gasteiger partial charge in [-0.25, -0.2) is 0 Å². The van der Waals surface area contributed by atoms with Gasteiger partial charge in [-0.1, -0.05) is 23.2 Å². The van der Waals surface area contributed by atoms with E-state index in [4.69, 9.17) is 33.7 Å². The third-order valence-corrected chi connectivity index (χ3v) is 4.44. The fourth-order valence-electron chi connectivity index (χ4n) is 2.51. The van der Waals surface area contributed by atoms with E-state index in [1.54, 1.807) is 30.2 Å². The van der Waals surface area contributed by atoms with Gasteiger partial charge in [-0.05, 0) is 31.0 Å². The number of halogens is 2. The minimum absolute atomic E-state index is 0.00402. The Bertz CT molecular complexity index is 496. The van der Waals surface area contributed by atoms with Gasteiger partial charge in [0.2, 0.25) is 0 Å². The number of methoxy groups -OCH3 is 1. The van der Waals surface area contributed by atoms with E-state index in [9.17, 15) is 4.79 Å². The Balaban J connectivity index is 2.17. The van der Waals surface area contributed by atoms with Crippen molar-refractivity contribution in [3.05, 3.63) is 33.8 Å². The summed E-state index contributed by atoms with van der Waals surface area (Å²) in [6.07, 6.45) is 1.75. The molecule has 1 heterocycles. The van der Waals surface area contributed by atoms with Crippen LogP contribution in [0.3, 0.4) is 0 Å². The first kappa shape index (κ1) is 15.6. The van der Waals surface area contributed by atoms with E-state index in [1.165, 1.54) is 0 Å². The summed E-state index contributed by atoms with van der Waals surface area (Å²) in [6, 6.07) is 4.92. The number of hydrogen-bond donors (Lipinski definition) is 1. The molecule has 1 fully saturated rings. The molecule has 0 spiro atoms. The average molecular weight is 317 g/mol. The number of nitrogens with zero attached hydrogens (tertiary/aromatic N) is 1. The van der Waals surface area contributed by atoms with Gasteiger partial charge in [0.05, 0.1) is 16.1 Å². The SMILES string of the molecule is COC1CCN(C(=O)c2ccc(Cl)c(Cl)c2)C(CN)C1. The molecular formula is C14H18Cl2N2O2. The molecule has 6 heteroatoms. The Labute approximate surface area is 128 Å². The number of benzene rings is 1. The second kappa shape index (κ2) is 6.76. The highest BCUT2D eigenvalue weighted by Gasteiger charge is 2.31. The van der Waals surface area contributed by atoms with Gasteiger partial charge < -0.3 is 15.4 Å². The second-order valence-corrected chi connectivity index (χ2v) is 5.71. The van der Waals surface area contributed by atoms with E-state index in [0.29, 0.717) is 28.7 Å². The van der Waals surface area contributed by atoms with Crippen molar-refractivity contribution in [3.63, 3.8) is 0 Å². The zero-order valence-electron chi connectivity index (χ0n) is 11.3. The van der Waals surface area contributed by atoms with Crippen LogP contribution in [0.4, 0.5) is 0 Å². The smallest absolute Gasteiger partial charge is 0.254 e. The largest absolute Gasteiger partial charge is 0.381 e. The molecule has 0 aliphatic carbocycles. The van der Waals surface area contributed by atoms with Crippen LogP contribution in [0.5, 0.6) is 0 Å². The lowest BCUT2D eigenvalue weighted by molar-refractivity contribution is 0.0139. The summed E-state index contributed by atoms with van der Waals surface area (Å²) in [6.45, 7) is 1.06. The van der Waals surface area contributed by atoms with Crippen LogP contribution in [-0.4, -0.2) is 43.2 Å². The Morgan fingerprint density at radius 3 is 2.80 bits per heavy atom. The zero-order valence-corrected chi connectivity index (χ0v) is 12.8. The fraction of sp³-hybridized carbons (Fsp3) is 0.500. The Morgan fingerprint density at radius 2 is 2.20 bits per heavy atom. The average Bonchev–Trinajstić information content (AvgIpc) is 2.48. The molecule has 1 aromatic rings. The first-order valence-electron chi connectivity index (χ1n) is 6.55. The highest BCUT2D eigenvalue weighted by atomic mass is 35.5. The molecule has 0 aromatic heterocycles. The van der Waals surface area contributed by atoms with Crippen molar-refractivity contribution in [1.29, 1.82) is 0 Å². The number of ether oxygens (including phenoxy) is 1. The van der Waals surface area contributed by atoms with Crippen molar-refractivity contribution < 1.29 is 9.53 Å². The first-order valence-corrected chi connectivity index (χ1v) is 7.31. The molecule has 0 bridgehead atoms. The highest BCUT2D eigenvalue weighted by Crippen LogP contribution is 2.26. The molecule has 2 atom stereocenters. The number of carbonyl (C=O) groups excluding carboxylic acids is 1. The Morgan fingerprint density at radius 1 is 1.45 bits per heavy atom. The maximum atomic E-state index is 12.6. The van der Waals surface area contributed by atoms with Crippen LogP contribution < -0.4 is 5.73 Å². The van der Waals surface area contributed by atoms with Crippen LogP contribution >= 0.6 is 23.2 Å². The number of hydrogen-bond acceptors (Lipinski definition) is 3. The maximum absolute atomic E-state index is 12.6. The molecule has 2 rings (SSSR count). The van der Waals surface area contributed by atoms with Gasteiger partial charge in [0.25, 0.3) is 5.91 Å². The van der Waals surface area contributed by atoms with Crippen molar-refractivity contribution in [1.82, 2.24) is 4.90 Å². The molecule has 0 saturated carbocycles. The molecule has 4 nitrogen and oxygen atoms in total. The van der Waals surface area contributed by atoms with Crippen molar-refractivity contribution in [2.45, 2.75) is 25.0 Å². The van der Waals surface area contributed by atoms with E-state index in [1.807, 2.05) is 0 Å². The predicted octanol–water partition coefficient (Wildman–Crippen LogP) is 2.57. The lowest BCUT2D eigenvalue weighted by atomic mass is 9.98. The minimum atomic E-state index is -0.0615. The van der Waals surface area contributed by atoms with Gasteiger partial charge in [-0.3, -0.25) is 4.79 Å². The van der Waals surface area contributed by atoms with Crippen molar-refractivity contribution in [3.8, 4) is 0 Å². The number of rotatable bonds is 3. The van der Waals surface area contributed by atoms with Gasteiger partial charge >= 0.3 is 0 Å². The van der Waals surface area contributed by atoms with Gasteiger partial charge in [0.1, 0.15) is 0 Å². The monoisotopic (exact) mass is 316 g/mol. The molecule has 0 radical (unpaired) electrons. The van der Waals surface area contributed by atoms with Crippen molar-refractivity contribution in [2.24, 2.45) is 5.73 Å². The molecule has 2 unspecified atom stereocenters. The van der Waals surface area contributed by atoms with Crippen LogP contribution in [0.25, 0.3) is 0 Å². The Hall–Kier alpha value is -0.810. The van der Waals surface area contributed by atoms with E-state index < -0.39 is 0 Å². The summed E-state index contributed by atoms with van der Waals surface area (Å²) in [5.41, 5.74) is 6.32. The number of amides is 1. The molecule has 1 amide bonds.